The van der Waals surface area contributed by atoms with Crippen LogP contribution in [0.2, 0.25) is 0 Å². The summed E-state index contributed by atoms with van der Waals surface area (Å²) in [6, 6.07) is 2.13. The van der Waals surface area contributed by atoms with Crippen LogP contribution < -0.4 is 4.90 Å². The summed E-state index contributed by atoms with van der Waals surface area (Å²) in [5, 5.41) is 4.15. The third kappa shape index (κ3) is 3.98. The van der Waals surface area contributed by atoms with E-state index in [9.17, 15) is 0 Å². The lowest BCUT2D eigenvalue weighted by Crippen LogP contribution is -2.31. The lowest BCUT2D eigenvalue weighted by atomic mass is 10.3. The maximum atomic E-state index is 5.38. The van der Waals surface area contributed by atoms with E-state index in [1.807, 2.05) is 6.92 Å². The second-order valence-corrected chi connectivity index (χ2v) is 7.06. The molecule has 2 aliphatic rings. The Balaban J connectivity index is 1.38. The first-order chi connectivity index (χ1) is 12.2. The number of hydrogen-bond acceptors (Lipinski definition) is 7. The van der Waals surface area contributed by atoms with Gasteiger partial charge < -0.3 is 9.42 Å². The molecule has 3 heterocycles. The molecule has 1 aliphatic carbocycles. The molecule has 2 aromatic heterocycles. The highest BCUT2D eigenvalue weighted by molar-refractivity contribution is 5.40. The zero-order valence-electron chi connectivity index (χ0n) is 15.1. The van der Waals surface area contributed by atoms with Gasteiger partial charge in [0.05, 0.1) is 6.54 Å². The van der Waals surface area contributed by atoms with E-state index < -0.39 is 0 Å². The summed E-state index contributed by atoms with van der Waals surface area (Å²) >= 11 is 0. The smallest absolute Gasteiger partial charge is 0.229 e. The van der Waals surface area contributed by atoms with Crippen LogP contribution in [0, 0.1) is 6.92 Å². The lowest BCUT2D eigenvalue weighted by molar-refractivity contribution is 0.271. The van der Waals surface area contributed by atoms with Crippen molar-refractivity contribution in [3.63, 3.8) is 0 Å². The summed E-state index contributed by atoms with van der Waals surface area (Å²) < 4.78 is 5.38. The molecular formula is C18H26N6O. The third-order valence-corrected chi connectivity index (χ3v) is 4.93. The van der Waals surface area contributed by atoms with Crippen LogP contribution in [0.25, 0.3) is 0 Å². The fourth-order valence-electron chi connectivity index (χ4n) is 3.34. The van der Waals surface area contributed by atoms with E-state index in [2.05, 4.69) is 42.9 Å². The molecule has 134 valence electrons. The quantitative estimate of drug-likeness (QED) is 0.826. The van der Waals surface area contributed by atoms with E-state index in [1.54, 1.807) is 0 Å². The summed E-state index contributed by atoms with van der Waals surface area (Å²) in [5.41, 5.74) is 1.11. The molecule has 1 aliphatic heterocycles. The van der Waals surface area contributed by atoms with Crippen molar-refractivity contribution in [3.8, 4) is 0 Å². The molecule has 0 spiro atoms. The third-order valence-electron chi connectivity index (χ3n) is 4.93. The maximum absolute atomic E-state index is 5.38. The van der Waals surface area contributed by atoms with Crippen molar-refractivity contribution in [2.24, 2.45) is 0 Å². The fourth-order valence-corrected chi connectivity index (χ4v) is 3.34. The molecule has 0 unspecified atom stereocenters. The first-order valence-electron chi connectivity index (χ1n) is 9.35. The largest absolute Gasteiger partial charge is 0.355 e. The van der Waals surface area contributed by atoms with E-state index in [0.29, 0.717) is 5.92 Å². The van der Waals surface area contributed by atoms with Gasteiger partial charge in [-0.1, -0.05) is 12.1 Å². The van der Waals surface area contributed by atoms with Crippen LogP contribution in [0.3, 0.4) is 0 Å². The van der Waals surface area contributed by atoms with Gasteiger partial charge in [0.15, 0.2) is 5.82 Å². The Labute approximate surface area is 148 Å². The van der Waals surface area contributed by atoms with Crippen LogP contribution in [0.15, 0.2) is 10.6 Å². The van der Waals surface area contributed by atoms with E-state index >= 15 is 0 Å². The summed E-state index contributed by atoms with van der Waals surface area (Å²) in [6.07, 6.45) is 4.44. The molecule has 0 radical (unpaired) electrons. The molecule has 1 saturated carbocycles. The molecule has 7 nitrogen and oxygen atoms in total. The van der Waals surface area contributed by atoms with Crippen molar-refractivity contribution >= 4 is 5.82 Å². The van der Waals surface area contributed by atoms with Gasteiger partial charge in [-0.3, -0.25) is 4.90 Å². The van der Waals surface area contributed by atoms with Crippen LogP contribution in [0.4, 0.5) is 5.82 Å². The van der Waals surface area contributed by atoms with Gasteiger partial charge in [-0.2, -0.15) is 4.98 Å². The molecule has 0 N–H and O–H groups in total. The van der Waals surface area contributed by atoms with Crippen molar-refractivity contribution in [3.05, 3.63) is 29.3 Å². The number of nitrogens with zero attached hydrogens (tertiary/aromatic N) is 6. The van der Waals surface area contributed by atoms with E-state index in [-0.39, 0.29) is 0 Å². The normalized spacial score (nSPS) is 19.2. The molecule has 2 fully saturated rings. The van der Waals surface area contributed by atoms with Gasteiger partial charge in [0, 0.05) is 43.9 Å². The van der Waals surface area contributed by atoms with Gasteiger partial charge in [-0.25, -0.2) is 9.97 Å². The van der Waals surface area contributed by atoms with Gasteiger partial charge >= 0.3 is 0 Å². The van der Waals surface area contributed by atoms with Gasteiger partial charge in [0.1, 0.15) is 11.6 Å². The minimum atomic E-state index is 0.523. The predicted octanol–water partition coefficient (Wildman–Crippen LogP) is 2.32. The summed E-state index contributed by atoms with van der Waals surface area (Å²) in [5.74, 6) is 4.09. The minimum Gasteiger partial charge on any atom is -0.355 e. The molecule has 1 saturated heterocycles. The number of anilines is 1. The van der Waals surface area contributed by atoms with Gasteiger partial charge in [-0.15, -0.1) is 0 Å². The SMILES string of the molecule is CCc1cc(N2CCCN(Cc3noc(C4CC4)n3)CC2)nc(C)n1. The highest BCUT2D eigenvalue weighted by Gasteiger charge is 2.30. The van der Waals surface area contributed by atoms with Crippen LogP contribution >= 0.6 is 0 Å². The average molecular weight is 342 g/mol. The summed E-state index contributed by atoms with van der Waals surface area (Å²) in [7, 11) is 0. The molecule has 0 bridgehead atoms. The Kier molecular flexibility index (Phi) is 4.65. The zero-order chi connectivity index (χ0) is 17.2. The average Bonchev–Trinajstić information content (AvgIpc) is 3.39. The van der Waals surface area contributed by atoms with Crippen molar-refractivity contribution < 1.29 is 4.52 Å². The highest BCUT2D eigenvalue weighted by Crippen LogP contribution is 2.38. The molecule has 25 heavy (non-hydrogen) atoms. The number of aryl methyl sites for hydroxylation is 2. The molecular weight excluding hydrogens is 316 g/mol. The van der Waals surface area contributed by atoms with Gasteiger partial charge in [-0.05, 0) is 32.6 Å². The topological polar surface area (TPSA) is 71.2 Å². The van der Waals surface area contributed by atoms with Gasteiger partial charge in [0.25, 0.3) is 0 Å². The predicted molar refractivity (Wildman–Crippen MR) is 94.5 cm³/mol. The number of aromatic nitrogens is 4. The first kappa shape index (κ1) is 16.4. The first-order valence-corrected chi connectivity index (χ1v) is 9.35. The molecule has 0 atom stereocenters. The highest BCUT2D eigenvalue weighted by atomic mass is 16.5. The zero-order valence-corrected chi connectivity index (χ0v) is 15.1. The van der Waals surface area contributed by atoms with Crippen LogP contribution in [0.5, 0.6) is 0 Å². The second kappa shape index (κ2) is 7.07. The van der Waals surface area contributed by atoms with Crippen LogP contribution in [0.1, 0.15) is 55.3 Å². The fraction of sp³-hybridized carbons (Fsp3) is 0.667. The Bertz CT molecular complexity index is 726. The molecule has 0 aromatic carbocycles. The lowest BCUT2D eigenvalue weighted by Gasteiger charge is -2.22. The maximum Gasteiger partial charge on any atom is 0.229 e. The van der Waals surface area contributed by atoms with Crippen LogP contribution in [-0.4, -0.2) is 51.2 Å². The Morgan fingerprint density at radius 3 is 2.80 bits per heavy atom. The van der Waals surface area contributed by atoms with E-state index in [4.69, 9.17) is 4.52 Å². The van der Waals surface area contributed by atoms with Crippen LogP contribution in [-0.2, 0) is 13.0 Å². The van der Waals surface area contributed by atoms with E-state index in [1.165, 1.54) is 12.8 Å². The van der Waals surface area contributed by atoms with Gasteiger partial charge in [0.2, 0.25) is 5.89 Å². The minimum absolute atomic E-state index is 0.523. The Morgan fingerprint density at radius 1 is 1.12 bits per heavy atom. The van der Waals surface area contributed by atoms with Crippen molar-refractivity contribution in [2.45, 2.75) is 52.0 Å². The van der Waals surface area contributed by atoms with Crippen molar-refractivity contribution in [1.82, 2.24) is 25.0 Å². The Hall–Kier alpha value is -2.02. The van der Waals surface area contributed by atoms with E-state index in [0.717, 1.165) is 74.6 Å². The summed E-state index contributed by atoms with van der Waals surface area (Å²) in [6.45, 7) is 8.90. The number of hydrogen-bond donors (Lipinski definition) is 0. The monoisotopic (exact) mass is 342 g/mol. The van der Waals surface area contributed by atoms with Crippen molar-refractivity contribution in [1.29, 1.82) is 0 Å². The molecule has 7 heteroatoms. The molecule has 2 aromatic rings. The van der Waals surface area contributed by atoms with Crippen molar-refractivity contribution in [2.75, 3.05) is 31.1 Å². The molecule has 4 rings (SSSR count). The Morgan fingerprint density at radius 2 is 2.00 bits per heavy atom. The molecule has 0 amide bonds. The number of rotatable bonds is 5. The second-order valence-electron chi connectivity index (χ2n) is 7.06. The summed E-state index contributed by atoms with van der Waals surface area (Å²) in [4.78, 5) is 18.5. The standard InChI is InChI=1S/C18H26N6O/c1-3-15-11-17(20-13(2)19-15)24-8-4-7-23(9-10-24)12-16-21-18(25-22-16)14-5-6-14/h11,14H,3-10,12H2,1-2H3.